The molecule has 3 N–H and O–H groups in total. The summed E-state index contributed by atoms with van der Waals surface area (Å²) in [6, 6.07) is 9.06. The fraction of sp³-hybridized carbons (Fsp3) is 0.0769. The van der Waals surface area contributed by atoms with Crippen molar-refractivity contribution in [3.05, 3.63) is 51.2 Å². The molecule has 20 heavy (non-hydrogen) atoms. The monoisotopic (exact) mass is 325 g/mol. The molecule has 1 amide bonds. The van der Waals surface area contributed by atoms with Crippen LogP contribution in [0.5, 0.6) is 0 Å². The number of hydrazine groups is 1. The number of carbonyl (C=O) groups excluding carboxylic acids is 1. The first-order valence-electron chi connectivity index (χ1n) is 5.73. The summed E-state index contributed by atoms with van der Waals surface area (Å²) >= 11 is 12.5. The summed E-state index contributed by atoms with van der Waals surface area (Å²) in [6.07, 6.45) is 0. The third kappa shape index (κ3) is 3.93. The van der Waals surface area contributed by atoms with Gasteiger partial charge in [0.1, 0.15) is 0 Å². The maximum absolute atomic E-state index is 11.7. The first-order chi connectivity index (χ1) is 9.56. The minimum atomic E-state index is -0.230. The van der Waals surface area contributed by atoms with E-state index in [2.05, 4.69) is 16.2 Å². The summed E-state index contributed by atoms with van der Waals surface area (Å²) in [5, 5.41) is 5.71. The van der Waals surface area contributed by atoms with Crippen LogP contribution in [0.15, 0.2) is 35.7 Å². The van der Waals surface area contributed by atoms with Gasteiger partial charge in [-0.2, -0.15) is 0 Å². The van der Waals surface area contributed by atoms with E-state index in [4.69, 9.17) is 23.8 Å². The average Bonchev–Trinajstić information content (AvgIpc) is 2.94. The van der Waals surface area contributed by atoms with Crippen LogP contribution in [0.2, 0.25) is 5.02 Å². The van der Waals surface area contributed by atoms with Gasteiger partial charge in [-0.15, -0.1) is 11.3 Å². The number of thiocarbonyl (C=S) groups is 1. The van der Waals surface area contributed by atoms with E-state index < -0.39 is 0 Å². The number of aryl methyl sites for hydroxylation is 1. The summed E-state index contributed by atoms with van der Waals surface area (Å²) < 4.78 is 0. The van der Waals surface area contributed by atoms with Crippen LogP contribution in [-0.4, -0.2) is 11.0 Å². The van der Waals surface area contributed by atoms with Crippen molar-refractivity contribution in [2.45, 2.75) is 6.92 Å². The molecular weight excluding hydrogens is 314 g/mol. The van der Waals surface area contributed by atoms with Crippen LogP contribution in [0.3, 0.4) is 0 Å². The van der Waals surface area contributed by atoms with Crippen molar-refractivity contribution < 1.29 is 4.79 Å². The molecule has 1 aromatic carbocycles. The van der Waals surface area contributed by atoms with Crippen LogP contribution in [0.25, 0.3) is 0 Å². The van der Waals surface area contributed by atoms with Crippen molar-refractivity contribution in [3.8, 4) is 0 Å². The van der Waals surface area contributed by atoms with Crippen LogP contribution in [0.4, 0.5) is 5.69 Å². The van der Waals surface area contributed by atoms with E-state index in [9.17, 15) is 4.79 Å². The Balaban J connectivity index is 1.86. The third-order valence-corrected chi connectivity index (χ3v) is 3.94. The van der Waals surface area contributed by atoms with Gasteiger partial charge in [-0.1, -0.05) is 23.7 Å². The molecule has 0 aliphatic carbocycles. The molecule has 0 unspecified atom stereocenters. The van der Waals surface area contributed by atoms with Gasteiger partial charge in [0.2, 0.25) is 0 Å². The number of rotatable bonds is 2. The summed E-state index contributed by atoms with van der Waals surface area (Å²) in [5.74, 6) is -0.230. The van der Waals surface area contributed by atoms with Gasteiger partial charge in [0.05, 0.1) is 4.88 Å². The van der Waals surface area contributed by atoms with E-state index in [1.165, 1.54) is 11.3 Å². The number of carbonyl (C=O) groups is 1. The van der Waals surface area contributed by atoms with E-state index in [1.54, 1.807) is 12.1 Å². The zero-order valence-corrected chi connectivity index (χ0v) is 13.0. The lowest BCUT2D eigenvalue weighted by Crippen LogP contribution is -2.43. The van der Waals surface area contributed by atoms with Gasteiger partial charge in [-0.25, -0.2) is 0 Å². The fourth-order valence-corrected chi connectivity index (χ4v) is 2.38. The molecule has 0 saturated carbocycles. The molecule has 2 rings (SSSR count). The Labute approximate surface area is 131 Å². The summed E-state index contributed by atoms with van der Waals surface area (Å²) in [4.78, 5) is 12.3. The van der Waals surface area contributed by atoms with E-state index in [0.717, 1.165) is 11.3 Å². The molecule has 0 bridgehead atoms. The molecule has 0 radical (unpaired) electrons. The van der Waals surface area contributed by atoms with E-state index in [1.807, 2.05) is 30.5 Å². The smallest absolute Gasteiger partial charge is 0.279 e. The van der Waals surface area contributed by atoms with Crippen molar-refractivity contribution in [1.29, 1.82) is 0 Å². The first kappa shape index (κ1) is 14.8. The normalized spacial score (nSPS) is 9.90. The van der Waals surface area contributed by atoms with Crippen molar-refractivity contribution in [3.63, 3.8) is 0 Å². The van der Waals surface area contributed by atoms with Crippen molar-refractivity contribution in [1.82, 2.24) is 10.9 Å². The van der Waals surface area contributed by atoms with E-state index in [0.29, 0.717) is 9.90 Å². The second-order valence-corrected chi connectivity index (χ2v) is 5.74. The highest BCUT2D eigenvalue weighted by Crippen LogP contribution is 2.19. The highest BCUT2D eigenvalue weighted by atomic mass is 35.5. The van der Waals surface area contributed by atoms with Crippen LogP contribution < -0.4 is 16.2 Å². The molecule has 0 atom stereocenters. The minimum Gasteiger partial charge on any atom is -0.331 e. The molecule has 0 aliphatic rings. The van der Waals surface area contributed by atoms with Gasteiger partial charge in [0, 0.05) is 10.7 Å². The Kier molecular flexibility index (Phi) is 4.94. The van der Waals surface area contributed by atoms with Gasteiger partial charge in [-0.3, -0.25) is 15.6 Å². The second kappa shape index (κ2) is 6.69. The molecule has 104 valence electrons. The standard InChI is InChI=1S/C13H12ClN3OS2/c1-8-4-5-9(7-10(8)14)15-13(19)17-16-12(18)11-3-2-6-20-11/h2-7H,1H3,(H,16,18)(H2,15,17,19). The highest BCUT2D eigenvalue weighted by Gasteiger charge is 2.06. The second-order valence-electron chi connectivity index (χ2n) is 3.97. The predicted molar refractivity (Wildman–Crippen MR) is 87.3 cm³/mol. The van der Waals surface area contributed by atoms with Crippen molar-refractivity contribution >= 4 is 51.9 Å². The Bertz CT molecular complexity index is 629. The lowest BCUT2D eigenvalue weighted by atomic mass is 10.2. The van der Waals surface area contributed by atoms with Crippen LogP contribution in [0.1, 0.15) is 15.2 Å². The summed E-state index contributed by atoms with van der Waals surface area (Å²) in [6.45, 7) is 1.92. The van der Waals surface area contributed by atoms with Crippen molar-refractivity contribution in [2.75, 3.05) is 5.32 Å². The minimum absolute atomic E-state index is 0.230. The SMILES string of the molecule is Cc1ccc(NC(=S)NNC(=O)c2cccs2)cc1Cl. The predicted octanol–water partition coefficient (Wildman–Crippen LogP) is 3.34. The molecule has 7 heteroatoms. The number of benzene rings is 1. The lowest BCUT2D eigenvalue weighted by Gasteiger charge is -2.11. The summed E-state index contributed by atoms with van der Waals surface area (Å²) in [7, 11) is 0. The number of nitrogens with one attached hydrogen (secondary N) is 3. The van der Waals surface area contributed by atoms with Crippen LogP contribution in [0, 0.1) is 6.92 Å². The molecule has 1 aromatic heterocycles. The largest absolute Gasteiger partial charge is 0.331 e. The number of amides is 1. The molecule has 4 nitrogen and oxygen atoms in total. The first-order valence-corrected chi connectivity index (χ1v) is 7.40. The zero-order valence-electron chi connectivity index (χ0n) is 10.6. The van der Waals surface area contributed by atoms with Gasteiger partial charge in [-0.05, 0) is 48.3 Å². The van der Waals surface area contributed by atoms with Gasteiger partial charge in [0.15, 0.2) is 5.11 Å². The number of hydrogen-bond acceptors (Lipinski definition) is 3. The van der Waals surface area contributed by atoms with Gasteiger partial charge in [0.25, 0.3) is 5.91 Å². The molecule has 0 saturated heterocycles. The topological polar surface area (TPSA) is 53.2 Å². The Morgan fingerprint density at radius 1 is 1.30 bits per heavy atom. The van der Waals surface area contributed by atoms with Gasteiger partial charge >= 0.3 is 0 Å². The molecule has 2 aromatic rings. The Morgan fingerprint density at radius 2 is 2.10 bits per heavy atom. The molecular formula is C13H12ClN3OS2. The average molecular weight is 326 g/mol. The maximum Gasteiger partial charge on any atom is 0.279 e. The zero-order chi connectivity index (χ0) is 14.5. The van der Waals surface area contributed by atoms with Crippen molar-refractivity contribution in [2.24, 2.45) is 0 Å². The van der Waals surface area contributed by atoms with Gasteiger partial charge < -0.3 is 5.32 Å². The third-order valence-electron chi connectivity index (χ3n) is 2.46. The Hall–Kier alpha value is -1.63. The van der Waals surface area contributed by atoms with Crippen LogP contribution >= 0.6 is 35.2 Å². The maximum atomic E-state index is 11.7. The highest BCUT2D eigenvalue weighted by molar-refractivity contribution is 7.80. The Morgan fingerprint density at radius 3 is 2.75 bits per heavy atom. The molecule has 1 heterocycles. The van der Waals surface area contributed by atoms with E-state index >= 15 is 0 Å². The van der Waals surface area contributed by atoms with Crippen LogP contribution in [-0.2, 0) is 0 Å². The molecule has 0 fully saturated rings. The number of halogens is 1. The molecule has 0 aliphatic heterocycles. The van der Waals surface area contributed by atoms with E-state index in [-0.39, 0.29) is 11.0 Å². The lowest BCUT2D eigenvalue weighted by molar-refractivity contribution is 0.0948. The molecule has 0 spiro atoms. The number of anilines is 1. The fourth-order valence-electron chi connectivity index (χ4n) is 1.42. The number of thiophene rings is 1. The summed E-state index contributed by atoms with van der Waals surface area (Å²) in [5.41, 5.74) is 6.89. The number of hydrogen-bond donors (Lipinski definition) is 3. The quantitative estimate of drug-likeness (QED) is 0.585.